The predicted molar refractivity (Wildman–Crippen MR) is 82.1 cm³/mol. The molecule has 0 N–H and O–H groups in total. The molecule has 0 spiro atoms. The number of likely N-dealkylation sites (tertiary alicyclic amines) is 1. The number of amides is 1. The van der Waals surface area contributed by atoms with Gasteiger partial charge in [0, 0.05) is 29.8 Å². The third kappa shape index (κ3) is 2.64. The summed E-state index contributed by atoms with van der Waals surface area (Å²) in [6.07, 6.45) is 3.86. The first-order chi connectivity index (χ1) is 10.1. The van der Waals surface area contributed by atoms with Crippen LogP contribution >= 0.6 is 15.9 Å². The Morgan fingerprint density at radius 2 is 2.33 bits per heavy atom. The van der Waals surface area contributed by atoms with Gasteiger partial charge < -0.3 is 14.0 Å². The summed E-state index contributed by atoms with van der Waals surface area (Å²) >= 11 is 3.44. The largest absolute Gasteiger partial charge is 0.359 e. The summed E-state index contributed by atoms with van der Waals surface area (Å²) in [5.41, 5.74) is 1.57. The van der Waals surface area contributed by atoms with Gasteiger partial charge in [0.1, 0.15) is 5.69 Å². The fourth-order valence-electron chi connectivity index (χ4n) is 2.91. The molecule has 5 nitrogen and oxygen atoms in total. The topological polar surface area (TPSA) is 51.3 Å². The lowest BCUT2D eigenvalue weighted by Gasteiger charge is -2.23. The second-order valence-electron chi connectivity index (χ2n) is 5.36. The highest BCUT2D eigenvalue weighted by Gasteiger charge is 2.34. The summed E-state index contributed by atoms with van der Waals surface area (Å²) in [6.45, 7) is 5.46. The summed E-state index contributed by atoms with van der Waals surface area (Å²) in [4.78, 5) is 14.7. The van der Waals surface area contributed by atoms with E-state index in [0.717, 1.165) is 41.9 Å². The van der Waals surface area contributed by atoms with Gasteiger partial charge in [0.05, 0.1) is 11.7 Å². The molecular weight excluding hydrogens is 334 g/mol. The number of hydrogen-bond acceptors (Lipinski definition) is 3. The predicted octanol–water partition coefficient (Wildman–Crippen LogP) is 3.54. The van der Waals surface area contributed by atoms with Crippen molar-refractivity contribution >= 4 is 21.8 Å². The minimum Gasteiger partial charge on any atom is -0.359 e. The molecule has 3 rings (SSSR count). The lowest BCUT2D eigenvalue weighted by atomic mass is 10.1. The van der Waals surface area contributed by atoms with E-state index in [4.69, 9.17) is 4.52 Å². The average molecular weight is 352 g/mol. The molecule has 0 aliphatic carbocycles. The zero-order valence-corrected chi connectivity index (χ0v) is 13.8. The van der Waals surface area contributed by atoms with Crippen LogP contribution in [0.15, 0.2) is 27.3 Å². The van der Waals surface area contributed by atoms with Crippen LogP contribution in [0.3, 0.4) is 0 Å². The number of rotatable bonds is 3. The molecule has 0 radical (unpaired) electrons. The highest BCUT2D eigenvalue weighted by atomic mass is 79.9. The van der Waals surface area contributed by atoms with Gasteiger partial charge in [0.15, 0.2) is 5.76 Å². The third-order valence-corrected chi connectivity index (χ3v) is 4.34. The number of aromatic nitrogens is 2. The van der Waals surface area contributed by atoms with Crippen LogP contribution in [-0.2, 0) is 6.54 Å². The number of nitrogens with zero attached hydrogens (tertiary/aromatic N) is 3. The van der Waals surface area contributed by atoms with E-state index in [1.807, 2.05) is 41.6 Å². The fraction of sp³-hybridized carbons (Fsp3) is 0.467. The van der Waals surface area contributed by atoms with Crippen molar-refractivity contribution < 1.29 is 9.32 Å². The number of halogens is 1. The van der Waals surface area contributed by atoms with Crippen molar-refractivity contribution in [3.63, 3.8) is 0 Å². The summed E-state index contributed by atoms with van der Waals surface area (Å²) < 4.78 is 8.26. The first-order valence-corrected chi connectivity index (χ1v) is 7.99. The van der Waals surface area contributed by atoms with Gasteiger partial charge in [-0.05, 0) is 48.7 Å². The molecule has 1 aliphatic rings. The van der Waals surface area contributed by atoms with E-state index in [1.54, 1.807) is 0 Å². The molecule has 0 bridgehead atoms. The first-order valence-electron chi connectivity index (χ1n) is 7.20. The number of aryl methyl sites for hydroxylation is 2. The van der Waals surface area contributed by atoms with E-state index in [2.05, 4.69) is 21.1 Å². The van der Waals surface area contributed by atoms with Gasteiger partial charge in [0.2, 0.25) is 0 Å². The van der Waals surface area contributed by atoms with E-state index in [0.29, 0.717) is 5.69 Å². The lowest BCUT2D eigenvalue weighted by Crippen LogP contribution is -2.31. The molecule has 21 heavy (non-hydrogen) atoms. The van der Waals surface area contributed by atoms with E-state index in [1.165, 1.54) is 0 Å². The normalized spacial score (nSPS) is 18.4. The van der Waals surface area contributed by atoms with Crippen molar-refractivity contribution in [3.8, 4) is 0 Å². The summed E-state index contributed by atoms with van der Waals surface area (Å²) in [7, 11) is 0. The molecule has 112 valence electrons. The Kier molecular flexibility index (Phi) is 3.89. The minimum atomic E-state index is -0.00215. The Balaban J connectivity index is 1.89. The summed E-state index contributed by atoms with van der Waals surface area (Å²) in [5, 5.41) is 3.94. The highest BCUT2D eigenvalue weighted by molar-refractivity contribution is 9.10. The van der Waals surface area contributed by atoms with Crippen LogP contribution in [0.1, 0.15) is 47.7 Å². The van der Waals surface area contributed by atoms with Crippen LogP contribution in [-0.4, -0.2) is 27.1 Å². The monoisotopic (exact) mass is 351 g/mol. The average Bonchev–Trinajstić information content (AvgIpc) is 3.16. The molecule has 2 aromatic heterocycles. The Labute approximate surface area is 132 Å². The number of hydrogen-bond donors (Lipinski definition) is 0. The molecule has 0 saturated carbocycles. The molecular formula is C15H18BrN3O2. The minimum absolute atomic E-state index is 0.00215. The van der Waals surface area contributed by atoms with Crippen LogP contribution in [0, 0.1) is 6.92 Å². The van der Waals surface area contributed by atoms with Crippen LogP contribution < -0.4 is 0 Å². The second kappa shape index (κ2) is 5.67. The molecule has 6 heteroatoms. The maximum Gasteiger partial charge on any atom is 0.271 e. The molecule has 1 unspecified atom stereocenters. The van der Waals surface area contributed by atoms with E-state index in [-0.39, 0.29) is 11.9 Å². The standard InChI is InChI=1S/C15H18BrN3O2/c1-3-18-9-11(16)8-13(18)15(20)19-6-4-5-12(19)14-7-10(2)17-21-14/h7-9,12H,3-6H2,1-2H3. The van der Waals surface area contributed by atoms with Crippen molar-refractivity contribution in [2.24, 2.45) is 0 Å². The molecule has 2 aromatic rings. The second-order valence-corrected chi connectivity index (χ2v) is 6.27. The van der Waals surface area contributed by atoms with Gasteiger partial charge in [-0.15, -0.1) is 0 Å². The molecule has 1 amide bonds. The van der Waals surface area contributed by atoms with Crippen molar-refractivity contribution in [1.82, 2.24) is 14.6 Å². The Morgan fingerprint density at radius 3 is 3.00 bits per heavy atom. The summed E-state index contributed by atoms with van der Waals surface area (Å²) in [5.74, 6) is 0.839. The van der Waals surface area contributed by atoms with Crippen molar-refractivity contribution in [2.75, 3.05) is 6.54 Å². The van der Waals surface area contributed by atoms with Gasteiger partial charge in [-0.1, -0.05) is 5.16 Å². The quantitative estimate of drug-likeness (QED) is 0.849. The van der Waals surface area contributed by atoms with Crippen LogP contribution in [0.2, 0.25) is 0 Å². The van der Waals surface area contributed by atoms with Gasteiger partial charge in [0.25, 0.3) is 5.91 Å². The number of carbonyl (C=O) groups is 1. The smallest absolute Gasteiger partial charge is 0.271 e. The maximum atomic E-state index is 12.9. The lowest BCUT2D eigenvalue weighted by molar-refractivity contribution is 0.0703. The van der Waals surface area contributed by atoms with Crippen LogP contribution in [0.4, 0.5) is 0 Å². The van der Waals surface area contributed by atoms with Gasteiger partial charge in [-0.3, -0.25) is 4.79 Å². The van der Waals surface area contributed by atoms with Crippen molar-refractivity contribution in [2.45, 2.75) is 39.3 Å². The number of carbonyl (C=O) groups excluding carboxylic acids is 1. The fourth-order valence-corrected chi connectivity index (χ4v) is 3.37. The first kappa shape index (κ1) is 14.4. The van der Waals surface area contributed by atoms with Gasteiger partial charge in [-0.25, -0.2) is 0 Å². The molecule has 1 fully saturated rings. The zero-order valence-electron chi connectivity index (χ0n) is 12.2. The van der Waals surface area contributed by atoms with Crippen molar-refractivity contribution in [3.05, 3.63) is 40.0 Å². The molecule has 1 atom stereocenters. The van der Waals surface area contributed by atoms with E-state index < -0.39 is 0 Å². The third-order valence-electron chi connectivity index (χ3n) is 3.91. The molecule has 3 heterocycles. The van der Waals surface area contributed by atoms with Crippen molar-refractivity contribution in [1.29, 1.82) is 0 Å². The highest BCUT2D eigenvalue weighted by Crippen LogP contribution is 2.33. The Bertz CT molecular complexity index is 662. The Morgan fingerprint density at radius 1 is 1.52 bits per heavy atom. The van der Waals surface area contributed by atoms with Gasteiger partial charge >= 0.3 is 0 Å². The summed E-state index contributed by atoms with van der Waals surface area (Å²) in [6, 6.07) is 3.80. The molecule has 1 saturated heterocycles. The van der Waals surface area contributed by atoms with Gasteiger partial charge in [-0.2, -0.15) is 0 Å². The Hall–Kier alpha value is -1.56. The zero-order chi connectivity index (χ0) is 15.0. The SMILES string of the molecule is CCn1cc(Br)cc1C(=O)N1CCCC1c1cc(C)no1. The van der Waals surface area contributed by atoms with E-state index >= 15 is 0 Å². The van der Waals surface area contributed by atoms with Crippen LogP contribution in [0.5, 0.6) is 0 Å². The van der Waals surface area contributed by atoms with Crippen LogP contribution in [0.25, 0.3) is 0 Å². The maximum absolute atomic E-state index is 12.9. The van der Waals surface area contributed by atoms with E-state index in [9.17, 15) is 4.79 Å². The molecule has 0 aromatic carbocycles. The molecule has 1 aliphatic heterocycles.